The summed E-state index contributed by atoms with van der Waals surface area (Å²) >= 11 is 0. The van der Waals surface area contributed by atoms with Gasteiger partial charge < -0.3 is 0 Å². The van der Waals surface area contributed by atoms with Crippen LogP contribution in [0.3, 0.4) is 0 Å². The number of nitroso groups, excluding NO2 is 1. The van der Waals surface area contributed by atoms with Gasteiger partial charge in [-0.3, -0.25) is 4.79 Å². The lowest BCUT2D eigenvalue weighted by molar-refractivity contribution is -0.129. The lowest BCUT2D eigenvalue weighted by atomic mass is 9.46. The zero-order valence-electron chi connectivity index (χ0n) is 20.6. The van der Waals surface area contributed by atoms with Gasteiger partial charge in [-0.15, -0.1) is 0 Å². The molecule has 3 heteroatoms. The third kappa shape index (κ3) is 3.68. The quantitative estimate of drug-likeness (QED) is 0.341. The van der Waals surface area contributed by atoms with Crippen LogP contribution in [-0.4, -0.2) is 11.8 Å². The van der Waals surface area contributed by atoms with Crippen LogP contribution in [-0.2, 0) is 4.79 Å². The lowest BCUT2D eigenvalue weighted by Gasteiger charge is -2.58. The highest BCUT2D eigenvalue weighted by atomic mass is 16.3. The van der Waals surface area contributed by atoms with Gasteiger partial charge in [0.2, 0.25) is 0 Å². The van der Waals surface area contributed by atoms with E-state index in [9.17, 15) is 9.70 Å². The van der Waals surface area contributed by atoms with E-state index in [0.29, 0.717) is 53.1 Å². The fourth-order valence-corrected chi connectivity index (χ4v) is 8.23. The van der Waals surface area contributed by atoms with Crippen molar-refractivity contribution >= 4 is 5.78 Å². The first-order valence-corrected chi connectivity index (χ1v) is 12.9. The first-order chi connectivity index (χ1) is 14.6. The number of hydrogen-bond donors (Lipinski definition) is 0. The molecular formula is C28H43NO2. The van der Waals surface area contributed by atoms with Crippen molar-refractivity contribution in [3.63, 3.8) is 0 Å². The van der Waals surface area contributed by atoms with E-state index >= 15 is 0 Å². The molecule has 31 heavy (non-hydrogen) atoms. The second-order valence-corrected chi connectivity index (χ2v) is 12.3. The highest BCUT2D eigenvalue weighted by Crippen LogP contribution is 2.67. The second-order valence-electron chi connectivity index (χ2n) is 12.3. The molecule has 0 bridgehead atoms. The molecule has 4 aliphatic carbocycles. The summed E-state index contributed by atoms with van der Waals surface area (Å²) in [6, 6.07) is -0.297. The Labute approximate surface area is 189 Å². The fourth-order valence-electron chi connectivity index (χ4n) is 8.23. The van der Waals surface area contributed by atoms with Gasteiger partial charge in [-0.25, -0.2) is 0 Å². The lowest BCUT2D eigenvalue weighted by Crippen LogP contribution is -2.53. The average Bonchev–Trinajstić information content (AvgIpc) is 3.09. The summed E-state index contributed by atoms with van der Waals surface area (Å²) in [5, 5.41) is 3.26. The Morgan fingerprint density at radius 1 is 1.00 bits per heavy atom. The van der Waals surface area contributed by atoms with Crippen molar-refractivity contribution in [2.24, 2.45) is 57.4 Å². The van der Waals surface area contributed by atoms with Gasteiger partial charge in [-0.05, 0) is 102 Å². The molecule has 0 saturated heterocycles. The summed E-state index contributed by atoms with van der Waals surface area (Å²) in [7, 11) is 0. The molecular weight excluding hydrogens is 382 g/mol. The summed E-state index contributed by atoms with van der Waals surface area (Å²) in [6.07, 6.45) is 14.4. The Bertz CT molecular complexity index is 782. The first kappa shape index (κ1) is 22.9. The van der Waals surface area contributed by atoms with Crippen molar-refractivity contribution in [3.8, 4) is 0 Å². The zero-order valence-corrected chi connectivity index (χ0v) is 20.6. The predicted octanol–water partition coefficient (Wildman–Crippen LogP) is 7.36. The highest BCUT2D eigenvalue weighted by Gasteiger charge is 2.60. The van der Waals surface area contributed by atoms with Gasteiger partial charge in [0, 0.05) is 6.42 Å². The van der Waals surface area contributed by atoms with E-state index in [2.05, 4.69) is 58.9 Å². The van der Waals surface area contributed by atoms with Crippen molar-refractivity contribution in [2.75, 3.05) is 0 Å². The standard InChI is InChI=1S/C28H43NO2/c1-17(2)18(3)7-8-19(4)22-9-10-23-21-16-26(30)25-15-20(29-31)11-13-28(25,6)24(21)12-14-27(22,23)5/h7-8,15,17-24H,9-14,16H2,1-6H3/t18?,19-,20?,21+,22-,23+,24+,27-,28-/m1/s1. The van der Waals surface area contributed by atoms with E-state index in [1.807, 2.05) is 6.08 Å². The smallest absolute Gasteiger partial charge is 0.159 e. The summed E-state index contributed by atoms with van der Waals surface area (Å²) in [5.74, 6) is 4.72. The van der Waals surface area contributed by atoms with Crippen molar-refractivity contribution in [3.05, 3.63) is 28.7 Å². The summed E-state index contributed by atoms with van der Waals surface area (Å²) in [4.78, 5) is 24.4. The minimum Gasteiger partial charge on any atom is -0.295 e. The summed E-state index contributed by atoms with van der Waals surface area (Å²) in [5.41, 5.74) is 1.26. The maximum atomic E-state index is 13.3. The number of ketones is 1. The predicted molar refractivity (Wildman–Crippen MR) is 127 cm³/mol. The van der Waals surface area contributed by atoms with Crippen LogP contribution in [0.15, 0.2) is 29.0 Å². The third-order valence-electron chi connectivity index (χ3n) is 10.5. The van der Waals surface area contributed by atoms with Crippen LogP contribution >= 0.6 is 0 Å². The van der Waals surface area contributed by atoms with E-state index in [-0.39, 0.29) is 11.5 Å². The molecule has 0 amide bonds. The number of carbonyl (C=O) groups excluding carboxylic acids is 1. The molecule has 0 heterocycles. The number of nitrogens with zero attached hydrogens (tertiary/aromatic N) is 1. The normalized spacial score (nSPS) is 44.4. The largest absolute Gasteiger partial charge is 0.295 e. The second kappa shape index (κ2) is 8.27. The highest BCUT2D eigenvalue weighted by molar-refractivity contribution is 5.98. The molecule has 4 rings (SSSR count). The number of Topliss-reactive ketones (excluding diaryl/α,β-unsaturated/α-hetero) is 1. The van der Waals surface area contributed by atoms with Crippen LogP contribution in [0.25, 0.3) is 0 Å². The molecule has 3 nitrogen and oxygen atoms in total. The molecule has 2 unspecified atom stereocenters. The SMILES string of the molecule is CC(C)C(C)C=C[C@@H](C)[C@H]1CC[C@H]2[C@@H]3CC(=O)C4=CC(N=O)CC[C@]4(C)[C@H]3CC[C@]12C. The van der Waals surface area contributed by atoms with Crippen LogP contribution in [0.1, 0.15) is 86.5 Å². The van der Waals surface area contributed by atoms with Crippen LogP contribution in [0.4, 0.5) is 0 Å². The van der Waals surface area contributed by atoms with E-state index in [0.717, 1.165) is 24.3 Å². The number of allylic oxidation sites excluding steroid dienone is 3. The van der Waals surface area contributed by atoms with E-state index in [4.69, 9.17) is 0 Å². The van der Waals surface area contributed by atoms with Gasteiger partial charge in [0.05, 0.1) is 0 Å². The topological polar surface area (TPSA) is 46.5 Å². The molecule has 0 aromatic carbocycles. The number of hydrogen-bond acceptors (Lipinski definition) is 3. The minimum atomic E-state index is -0.297. The molecule has 0 aliphatic heterocycles. The van der Waals surface area contributed by atoms with Gasteiger partial charge in [0.1, 0.15) is 6.04 Å². The van der Waals surface area contributed by atoms with Crippen molar-refractivity contribution in [2.45, 2.75) is 92.5 Å². The average molecular weight is 426 g/mol. The number of carbonyl (C=O) groups is 1. The van der Waals surface area contributed by atoms with E-state index in [1.54, 1.807) is 0 Å². The van der Waals surface area contributed by atoms with Gasteiger partial charge >= 0.3 is 0 Å². The van der Waals surface area contributed by atoms with Gasteiger partial charge in [-0.2, -0.15) is 4.91 Å². The zero-order chi connectivity index (χ0) is 22.6. The van der Waals surface area contributed by atoms with Crippen molar-refractivity contribution < 1.29 is 4.79 Å². The van der Waals surface area contributed by atoms with Gasteiger partial charge in [0.25, 0.3) is 0 Å². The van der Waals surface area contributed by atoms with E-state index in [1.165, 1.54) is 25.7 Å². The Morgan fingerprint density at radius 3 is 2.42 bits per heavy atom. The van der Waals surface area contributed by atoms with Crippen LogP contribution in [0.5, 0.6) is 0 Å². The molecule has 0 spiro atoms. The monoisotopic (exact) mass is 425 g/mol. The molecule has 3 saturated carbocycles. The summed E-state index contributed by atoms with van der Waals surface area (Å²) < 4.78 is 0. The van der Waals surface area contributed by atoms with Crippen LogP contribution in [0, 0.1) is 57.2 Å². The molecule has 4 aliphatic rings. The minimum absolute atomic E-state index is 0.0428. The Morgan fingerprint density at radius 2 is 1.74 bits per heavy atom. The molecule has 3 fully saturated rings. The van der Waals surface area contributed by atoms with Gasteiger partial charge in [0.15, 0.2) is 5.78 Å². The Hall–Kier alpha value is -1.25. The molecule has 0 aromatic rings. The van der Waals surface area contributed by atoms with Crippen molar-refractivity contribution in [1.82, 2.24) is 0 Å². The third-order valence-corrected chi connectivity index (χ3v) is 10.5. The Kier molecular flexibility index (Phi) is 6.11. The number of rotatable bonds is 5. The first-order valence-electron chi connectivity index (χ1n) is 12.9. The Balaban J connectivity index is 1.57. The number of fused-ring (bicyclic) bond motifs is 5. The molecule has 172 valence electrons. The molecule has 0 aromatic heterocycles. The molecule has 9 atom stereocenters. The fraction of sp³-hybridized carbons (Fsp3) is 0.821. The van der Waals surface area contributed by atoms with Crippen molar-refractivity contribution in [1.29, 1.82) is 0 Å². The molecule has 0 radical (unpaired) electrons. The van der Waals surface area contributed by atoms with E-state index < -0.39 is 0 Å². The molecule has 0 N–H and O–H groups in total. The van der Waals surface area contributed by atoms with Gasteiger partial charge in [-0.1, -0.05) is 58.9 Å². The summed E-state index contributed by atoms with van der Waals surface area (Å²) in [6.45, 7) is 14.2. The van der Waals surface area contributed by atoms with Crippen LogP contribution < -0.4 is 0 Å². The van der Waals surface area contributed by atoms with Crippen LogP contribution in [0.2, 0.25) is 0 Å². The maximum absolute atomic E-state index is 13.3. The maximum Gasteiger partial charge on any atom is 0.159 e.